The van der Waals surface area contributed by atoms with Crippen molar-refractivity contribution >= 4 is 5.84 Å². The third-order valence-electron chi connectivity index (χ3n) is 3.97. The number of rotatable bonds is 6. The van der Waals surface area contributed by atoms with Crippen molar-refractivity contribution in [1.29, 1.82) is 0 Å². The van der Waals surface area contributed by atoms with Crippen molar-refractivity contribution in [2.45, 2.75) is 65.6 Å². The molecule has 0 aromatic rings. The lowest BCUT2D eigenvalue weighted by Gasteiger charge is -2.41. The zero-order chi connectivity index (χ0) is 15.4. The van der Waals surface area contributed by atoms with E-state index in [4.69, 9.17) is 15.7 Å². The highest BCUT2D eigenvalue weighted by Gasteiger charge is 2.31. The highest BCUT2D eigenvalue weighted by Crippen LogP contribution is 2.24. The van der Waals surface area contributed by atoms with Gasteiger partial charge in [-0.2, -0.15) is 0 Å². The monoisotopic (exact) mass is 285 g/mol. The van der Waals surface area contributed by atoms with Gasteiger partial charge in [0.2, 0.25) is 0 Å². The van der Waals surface area contributed by atoms with Crippen molar-refractivity contribution in [2.24, 2.45) is 16.3 Å². The van der Waals surface area contributed by atoms with Gasteiger partial charge in [-0.15, -0.1) is 0 Å². The summed E-state index contributed by atoms with van der Waals surface area (Å²) in [5, 5.41) is 11.9. The van der Waals surface area contributed by atoms with E-state index in [1.54, 1.807) is 0 Å². The second-order valence-corrected chi connectivity index (χ2v) is 7.25. The summed E-state index contributed by atoms with van der Waals surface area (Å²) in [6, 6.07) is 0. The lowest BCUT2D eigenvalue weighted by atomic mass is 9.86. The number of unbranched alkanes of at least 4 members (excludes halogenated alkanes) is 1. The molecule has 20 heavy (non-hydrogen) atoms. The Bertz CT molecular complexity index is 340. The first kappa shape index (κ1) is 17.2. The van der Waals surface area contributed by atoms with Crippen LogP contribution < -0.4 is 5.73 Å². The van der Waals surface area contributed by atoms with Crippen molar-refractivity contribution in [1.82, 2.24) is 4.90 Å². The van der Waals surface area contributed by atoms with Crippen LogP contribution in [-0.4, -0.2) is 47.3 Å². The minimum absolute atomic E-state index is 0.0507. The van der Waals surface area contributed by atoms with E-state index in [1.165, 1.54) is 0 Å². The summed E-state index contributed by atoms with van der Waals surface area (Å²) in [5.41, 5.74) is 5.42. The number of nitrogens with two attached hydrogens (primary N) is 1. The molecule has 0 amide bonds. The van der Waals surface area contributed by atoms with E-state index in [9.17, 15) is 0 Å². The first-order chi connectivity index (χ1) is 9.16. The van der Waals surface area contributed by atoms with Crippen LogP contribution in [-0.2, 0) is 4.74 Å². The van der Waals surface area contributed by atoms with Gasteiger partial charge in [0.05, 0.1) is 11.7 Å². The molecule has 1 saturated heterocycles. The normalized spacial score (nSPS) is 24.9. The Morgan fingerprint density at radius 1 is 1.45 bits per heavy atom. The van der Waals surface area contributed by atoms with E-state index in [-0.39, 0.29) is 11.0 Å². The Morgan fingerprint density at radius 3 is 2.65 bits per heavy atom. The summed E-state index contributed by atoms with van der Waals surface area (Å²) in [6.07, 6.45) is 3.44. The van der Waals surface area contributed by atoms with Crippen molar-refractivity contribution in [3.05, 3.63) is 0 Å². The number of amidine groups is 1. The molecule has 5 heteroatoms. The van der Waals surface area contributed by atoms with Gasteiger partial charge in [-0.25, -0.2) is 0 Å². The van der Waals surface area contributed by atoms with Crippen molar-refractivity contribution in [3.63, 3.8) is 0 Å². The van der Waals surface area contributed by atoms with Gasteiger partial charge in [0, 0.05) is 18.5 Å². The number of hydrogen-bond acceptors (Lipinski definition) is 4. The molecule has 0 saturated carbocycles. The molecule has 0 radical (unpaired) electrons. The Labute approximate surface area is 123 Å². The SMILES string of the molecule is CC1CN(CCCCC(C)(C)C(N)=NO)CC(C)(C)O1. The average Bonchev–Trinajstić information content (AvgIpc) is 2.31. The summed E-state index contributed by atoms with van der Waals surface area (Å²) in [4.78, 5) is 2.48. The molecule has 0 aliphatic carbocycles. The van der Waals surface area contributed by atoms with Crippen LogP contribution in [0.15, 0.2) is 5.16 Å². The molecule has 1 unspecified atom stereocenters. The minimum atomic E-state index is -0.230. The Hall–Kier alpha value is -0.810. The van der Waals surface area contributed by atoms with Crippen LogP contribution in [0.4, 0.5) is 0 Å². The second kappa shape index (κ2) is 6.76. The number of oxime groups is 1. The highest BCUT2D eigenvalue weighted by atomic mass is 16.5. The quantitative estimate of drug-likeness (QED) is 0.258. The minimum Gasteiger partial charge on any atom is -0.409 e. The first-order valence-corrected chi connectivity index (χ1v) is 7.54. The maximum absolute atomic E-state index is 8.76. The molecule has 0 spiro atoms. The molecule has 0 aromatic carbocycles. The van der Waals surface area contributed by atoms with E-state index in [0.29, 0.717) is 11.9 Å². The first-order valence-electron chi connectivity index (χ1n) is 7.54. The van der Waals surface area contributed by atoms with Gasteiger partial charge < -0.3 is 15.7 Å². The zero-order valence-corrected chi connectivity index (χ0v) is 13.6. The summed E-state index contributed by atoms with van der Waals surface area (Å²) >= 11 is 0. The second-order valence-electron chi connectivity index (χ2n) is 7.25. The zero-order valence-electron chi connectivity index (χ0n) is 13.6. The van der Waals surface area contributed by atoms with Crippen molar-refractivity contribution in [2.75, 3.05) is 19.6 Å². The Morgan fingerprint density at radius 2 is 2.10 bits per heavy atom. The van der Waals surface area contributed by atoms with Gasteiger partial charge in [0.15, 0.2) is 0 Å². The molecular formula is C15H31N3O2. The summed E-state index contributed by atoms with van der Waals surface area (Å²) < 4.78 is 5.91. The fraction of sp³-hybridized carbons (Fsp3) is 0.933. The Kier molecular flexibility index (Phi) is 5.83. The molecule has 1 heterocycles. The van der Waals surface area contributed by atoms with Crippen LogP contribution in [0.5, 0.6) is 0 Å². The maximum Gasteiger partial charge on any atom is 0.144 e. The van der Waals surface area contributed by atoms with Crippen LogP contribution in [0, 0.1) is 5.41 Å². The molecule has 3 N–H and O–H groups in total. The third-order valence-corrected chi connectivity index (χ3v) is 3.97. The number of ether oxygens (including phenoxy) is 1. The van der Waals surface area contributed by atoms with Crippen LogP contribution in [0.3, 0.4) is 0 Å². The summed E-state index contributed by atoms with van der Waals surface area (Å²) in [5.74, 6) is 0.318. The third kappa shape index (κ3) is 5.29. The number of morpholine rings is 1. The summed E-state index contributed by atoms with van der Waals surface area (Å²) in [6.45, 7) is 13.5. The van der Waals surface area contributed by atoms with Gasteiger partial charge in [0.25, 0.3) is 0 Å². The fourth-order valence-corrected chi connectivity index (χ4v) is 2.92. The number of nitrogens with zero attached hydrogens (tertiary/aromatic N) is 2. The van der Waals surface area contributed by atoms with Gasteiger partial charge >= 0.3 is 0 Å². The lowest BCUT2D eigenvalue weighted by Crippen LogP contribution is -2.51. The fourth-order valence-electron chi connectivity index (χ4n) is 2.92. The maximum atomic E-state index is 8.76. The Balaban J connectivity index is 2.31. The van der Waals surface area contributed by atoms with E-state index in [1.807, 2.05) is 13.8 Å². The molecule has 1 fully saturated rings. The molecule has 118 valence electrons. The highest BCUT2D eigenvalue weighted by molar-refractivity contribution is 5.85. The molecular weight excluding hydrogens is 254 g/mol. The van der Waals surface area contributed by atoms with Gasteiger partial charge in [0.1, 0.15) is 5.84 Å². The summed E-state index contributed by atoms with van der Waals surface area (Å²) in [7, 11) is 0. The smallest absolute Gasteiger partial charge is 0.144 e. The van der Waals surface area contributed by atoms with Gasteiger partial charge in [-0.3, -0.25) is 4.90 Å². The molecule has 0 aromatic heterocycles. The molecule has 1 rings (SSSR count). The standard InChI is InChI=1S/C15H31N3O2/c1-12-10-18(11-15(4,5)20-12)9-7-6-8-14(2,3)13(16)17-19/h12,19H,6-11H2,1-5H3,(H2,16,17). The molecule has 5 nitrogen and oxygen atoms in total. The van der Waals surface area contributed by atoms with E-state index in [0.717, 1.165) is 38.9 Å². The topological polar surface area (TPSA) is 71.1 Å². The van der Waals surface area contributed by atoms with E-state index >= 15 is 0 Å². The van der Waals surface area contributed by atoms with Crippen LogP contribution >= 0.6 is 0 Å². The van der Waals surface area contributed by atoms with E-state index < -0.39 is 0 Å². The van der Waals surface area contributed by atoms with Gasteiger partial charge in [-0.05, 0) is 40.2 Å². The largest absolute Gasteiger partial charge is 0.409 e. The molecule has 0 bridgehead atoms. The van der Waals surface area contributed by atoms with Crippen molar-refractivity contribution < 1.29 is 9.94 Å². The van der Waals surface area contributed by atoms with Crippen LogP contribution in [0.2, 0.25) is 0 Å². The van der Waals surface area contributed by atoms with E-state index in [2.05, 4.69) is 30.8 Å². The van der Waals surface area contributed by atoms with Crippen molar-refractivity contribution in [3.8, 4) is 0 Å². The predicted molar refractivity (Wildman–Crippen MR) is 82.1 cm³/mol. The lowest BCUT2D eigenvalue weighted by molar-refractivity contribution is -0.128. The molecule has 1 atom stereocenters. The molecule has 1 aliphatic rings. The van der Waals surface area contributed by atoms with Gasteiger partial charge in [-0.1, -0.05) is 25.4 Å². The number of hydrogen-bond donors (Lipinski definition) is 2. The van der Waals surface area contributed by atoms with Crippen LogP contribution in [0.1, 0.15) is 53.9 Å². The predicted octanol–water partition coefficient (Wildman–Crippen LogP) is 2.43. The molecule has 1 aliphatic heterocycles. The van der Waals surface area contributed by atoms with Crippen LogP contribution in [0.25, 0.3) is 0 Å². The average molecular weight is 285 g/mol.